The van der Waals surface area contributed by atoms with E-state index < -0.39 is 15.9 Å². The number of carbonyl (C=O) groups is 1. The van der Waals surface area contributed by atoms with Crippen LogP contribution in [-0.4, -0.2) is 20.5 Å². The van der Waals surface area contributed by atoms with E-state index in [0.717, 1.165) is 11.1 Å². The highest BCUT2D eigenvalue weighted by atomic mass is 35.5. The van der Waals surface area contributed by atoms with Crippen LogP contribution < -0.4 is 10.1 Å². The van der Waals surface area contributed by atoms with Gasteiger partial charge in [-0.2, -0.15) is 5.10 Å². The zero-order valence-corrected chi connectivity index (χ0v) is 18.2. The van der Waals surface area contributed by atoms with Crippen molar-refractivity contribution >= 4 is 45.5 Å². The van der Waals surface area contributed by atoms with Gasteiger partial charge in [0, 0.05) is 5.02 Å². The van der Waals surface area contributed by atoms with Crippen molar-refractivity contribution in [1.29, 1.82) is 0 Å². The highest BCUT2D eigenvalue weighted by Crippen LogP contribution is 2.21. The molecule has 8 heteroatoms. The number of nitrogens with one attached hydrogen (secondary N) is 2. The number of amides is 1. The molecule has 0 aromatic heterocycles. The second-order valence-corrected chi connectivity index (χ2v) is 8.72. The lowest BCUT2D eigenvalue weighted by molar-refractivity contribution is 0.0956. The third-order valence-electron chi connectivity index (χ3n) is 4.17. The van der Waals surface area contributed by atoms with E-state index in [0.29, 0.717) is 5.02 Å². The van der Waals surface area contributed by atoms with Crippen LogP contribution >= 0.6 is 11.6 Å². The maximum Gasteiger partial charge on any atom is 0.273 e. The van der Waals surface area contributed by atoms with E-state index in [9.17, 15) is 13.2 Å². The fourth-order valence-corrected chi connectivity index (χ4v) is 3.90. The maximum absolute atomic E-state index is 12.6. The average molecular weight is 454 g/mol. The number of halogens is 1. The van der Waals surface area contributed by atoms with Crippen molar-refractivity contribution in [3.8, 4) is 0 Å². The summed E-state index contributed by atoms with van der Waals surface area (Å²) >= 11 is 5.82. The first-order valence-corrected chi connectivity index (χ1v) is 11.2. The van der Waals surface area contributed by atoms with Crippen LogP contribution in [0.15, 0.2) is 94.4 Å². The first-order valence-electron chi connectivity index (χ1n) is 9.29. The third kappa shape index (κ3) is 6.28. The smallest absolute Gasteiger partial charge is 0.273 e. The largest absolute Gasteiger partial charge is 0.279 e. The van der Waals surface area contributed by atoms with Gasteiger partial charge in [-0.25, -0.2) is 13.8 Å². The van der Waals surface area contributed by atoms with Gasteiger partial charge in [-0.15, -0.1) is 0 Å². The van der Waals surface area contributed by atoms with Gasteiger partial charge in [-0.1, -0.05) is 60.1 Å². The van der Waals surface area contributed by atoms with Gasteiger partial charge >= 0.3 is 0 Å². The number of rotatable bonds is 7. The molecule has 0 fully saturated rings. The van der Waals surface area contributed by atoms with Crippen molar-refractivity contribution < 1.29 is 13.2 Å². The first kappa shape index (κ1) is 22.3. The molecule has 0 aliphatic heterocycles. The van der Waals surface area contributed by atoms with Crippen molar-refractivity contribution in [2.24, 2.45) is 5.10 Å². The highest BCUT2D eigenvalue weighted by molar-refractivity contribution is 7.92. The first-order chi connectivity index (χ1) is 14.8. The predicted octanol–water partition coefficient (Wildman–Crippen LogP) is 4.96. The number of hydrazone groups is 1. The monoisotopic (exact) mass is 453 g/mol. The minimum atomic E-state index is -3.89. The van der Waals surface area contributed by atoms with E-state index in [4.69, 9.17) is 11.6 Å². The van der Waals surface area contributed by atoms with Crippen LogP contribution in [0.4, 0.5) is 5.69 Å². The van der Waals surface area contributed by atoms with Gasteiger partial charge in [0.05, 0.1) is 22.4 Å². The van der Waals surface area contributed by atoms with Crippen molar-refractivity contribution in [2.45, 2.75) is 11.8 Å². The van der Waals surface area contributed by atoms with Crippen LogP contribution in [0.3, 0.4) is 0 Å². The summed E-state index contributed by atoms with van der Waals surface area (Å²) in [5.74, 6) is -0.543. The molecule has 0 saturated heterocycles. The van der Waals surface area contributed by atoms with Crippen molar-refractivity contribution in [2.75, 3.05) is 4.72 Å². The second-order valence-electron chi connectivity index (χ2n) is 6.60. The summed E-state index contributed by atoms with van der Waals surface area (Å²) < 4.78 is 27.7. The summed E-state index contributed by atoms with van der Waals surface area (Å²) in [6.45, 7) is 1.86. The lowest BCUT2D eigenvalue weighted by Crippen LogP contribution is -2.21. The fraction of sp³-hybridized carbons (Fsp3) is 0.0435. The molecule has 0 heterocycles. The Morgan fingerprint density at radius 3 is 2.29 bits per heavy atom. The number of nitrogens with zero attached hydrogens (tertiary/aromatic N) is 1. The fourth-order valence-electron chi connectivity index (χ4n) is 2.69. The van der Waals surface area contributed by atoms with Gasteiger partial charge in [0.15, 0.2) is 0 Å². The normalized spacial score (nSPS) is 12.0. The summed E-state index contributed by atoms with van der Waals surface area (Å²) in [7, 11) is -3.89. The Balaban J connectivity index is 1.73. The van der Waals surface area contributed by atoms with Gasteiger partial charge in [0.25, 0.3) is 15.9 Å². The van der Waals surface area contributed by atoms with E-state index in [-0.39, 0.29) is 16.1 Å². The van der Waals surface area contributed by atoms with Gasteiger partial charge in [0.2, 0.25) is 0 Å². The lowest BCUT2D eigenvalue weighted by atomic mass is 10.1. The number of hydrogen-bond donors (Lipinski definition) is 2. The summed E-state index contributed by atoms with van der Waals surface area (Å²) in [5, 5.41) is 4.39. The van der Waals surface area contributed by atoms with Crippen LogP contribution in [0, 0.1) is 0 Å². The Morgan fingerprint density at radius 2 is 1.58 bits per heavy atom. The Kier molecular flexibility index (Phi) is 7.23. The number of benzene rings is 3. The number of carbonyl (C=O) groups excluding carboxylic acids is 1. The molecule has 0 atom stereocenters. The van der Waals surface area contributed by atoms with E-state index in [2.05, 4.69) is 15.2 Å². The molecule has 6 nitrogen and oxygen atoms in total. The van der Waals surface area contributed by atoms with Crippen LogP contribution in [0.2, 0.25) is 5.02 Å². The molecule has 3 rings (SSSR count). The molecule has 0 saturated carbocycles. The summed E-state index contributed by atoms with van der Waals surface area (Å²) in [4.78, 5) is 12.6. The summed E-state index contributed by atoms with van der Waals surface area (Å²) in [6.07, 6.45) is 3.44. The van der Waals surface area contributed by atoms with Gasteiger partial charge in [0.1, 0.15) is 0 Å². The predicted molar refractivity (Wildman–Crippen MR) is 125 cm³/mol. The topological polar surface area (TPSA) is 87.6 Å². The molecular formula is C23H20ClN3O3S. The van der Waals surface area contributed by atoms with Crippen molar-refractivity contribution in [1.82, 2.24) is 5.43 Å². The number of sulfonamides is 1. The molecule has 3 aromatic carbocycles. The van der Waals surface area contributed by atoms with Crippen LogP contribution in [0.5, 0.6) is 0 Å². The Morgan fingerprint density at radius 1 is 0.935 bits per heavy atom. The molecule has 31 heavy (non-hydrogen) atoms. The van der Waals surface area contributed by atoms with E-state index in [1.807, 2.05) is 43.3 Å². The standard InChI is InChI=1S/C23H20ClN3O3S/c1-17(15-18-7-3-2-4-8-18)16-25-26-23(28)21-9-5-6-10-22(21)27-31(29,30)20-13-11-19(24)12-14-20/h2-16,27H,1H3,(H,26,28). The van der Waals surface area contributed by atoms with Crippen LogP contribution in [0.25, 0.3) is 6.08 Å². The van der Waals surface area contributed by atoms with Crippen LogP contribution in [0.1, 0.15) is 22.8 Å². The van der Waals surface area contributed by atoms with Crippen LogP contribution in [-0.2, 0) is 10.0 Å². The average Bonchev–Trinajstić information content (AvgIpc) is 2.75. The van der Waals surface area contributed by atoms with Gasteiger partial charge in [-0.05, 0) is 54.5 Å². The second kappa shape index (κ2) is 10.1. The molecule has 0 spiro atoms. The Hall–Kier alpha value is -3.42. The van der Waals surface area contributed by atoms with E-state index in [1.54, 1.807) is 12.1 Å². The molecule has 158 valence electrons. The minimum absolute atomic E-state index is 0.0341. The zero-order valence-electron chi connectivity index (χ0n) is 16.6. The third-order valence-corrected chi connectivity index (χ3v) is 5.80. The van der Waals surface area contributed by atoms with Gasteiger partial charge in [-0.3, -0.25) is 9.52 Å². The molecule has 0 aliphatic rings. The number of allylic oxidation sites excluding steroid dienone is 1. The highest BCUT2D eigenvalue weighted by Gasteiger charge is 2.18. The molecule has 0 bridgehead atoms. The van der Waals surface area contributed by atoms with E-state index >= 15 is 0 Å². The maximum atomic E-state index is 12.6. The molecular weight excluding hydrogens is 434 g/mol. The molecule has 2 N–H and O–H groups in total. The summed E-state index contributed by atoms with van der Waals surface area (Å²) in [6, 6.07) is 21.7. The van der Waals surface area contributed by atoms with Crippen molar-refractivity contribution in [3.63, 3.8) is 0 Å². The molecule has 1 amide bonds. The lowest BCUT2D eigenvalue weighted by Gasteiger charge is -2.11. The Bertz CT molecular complexity index is 1220. The number of hydrogen-bond acceptors (Lipinski definition) is 4. The molecule has 0 aliphatic carbocycles. The molecule has 0 unspecified atom stereocenters. The molecule has 3 aromatic rings. The number of para-hydroxylation sites is 1. The quantitative estimate of drug-likeness (QED) is 0.391. The molecule has 0 radical (unpaired) electrons. The number of anilines is 1. The zero-order chi connectivity index (χ0) is 22.3. The Labute approximate surface area is 186 Å². The summed E-state index contributed by atoms with van der Waals surface area (Å²) in [5.41, 5.74) is 4.56. The minimum Gasteiger partial charge on any atom is -0.279 e. The SMILES string of the molecule is CC(C=NNC(=O)c1ccccc1NS(=O)(=O)c1ccc(Cl)cc1)=Cc1ccccc1. The van der Waals surface area contributed by atoms with Gasteiger partial charge < -0.3 is 0 Å². The van der Waals surface area contributed by atoms with Crippen molar-refractivity contribution in [3.05, 3.63) is 101 Å². The van der Waals surface area contributed by atoms with E-state index in [1.165, 1.54) is 42.6 Å².